The fourth-order valence-electron chi connectivity index (χ4n) is 4.20. The van der Waals surface area contributed by atoms with E-state index in [2.05, 4.69) is 9.97 Å². The number of nitrogens with zero attached hydrogens (tertiary/aromatic N) is 3. The summed E-state index contributed by atoms with van der Waals surface area (Å²) in [4.78, 5) is 8.54. The van der Waals surface area contributed by atoms with Crippen molar-refractivity contribution < 1.29 is 35.0 Å². The van der Waals surface area contributed by atoms with Crippen molar-refractivity contribution in [2.45, 2.75) is 36.9 Å². The van der Waals surface area contributed by atoms with E-state index in [4.69, 9.17) is 9.47 Å². The highest BCUT2D eigenvalue weighted by Gasteiger charge is 2.57. The van der Waals surface area contributed by atoms with Crippen molar-refractivity contribution in [1.82, 2.24) is 14.5 Å². The highest BCUT2D eigenvalue weighted by atomic mass is 16.7. The zero-order valence-corrected chi connectivity index (χ0v) is 18.5. The third-order valence-corrected chi connectivity index (χ3v) is 6.14. The van der Waals surface area contributed by atoms with E-state index in [0.29, 0.717) is 17.6 Å². The molecule has 0 amide bonds. The maximum atomic E-state index is 10.9. The molecule has 0 saturated carbocycles. The number of benzene rings is 2. The summed E-state index contributed by atoms with van der Waals surface area (Å²) in [6.45, 7) is -0.229. The summed E-state index contributed by atoms with van der Waals surface area (Å²) >= 11 is 0. The van der Waals surface area contributed by atoms with Crippen molar-refractivity contribution in [2.75, 3.05) is 6.61 Å². The minimum atomic E-state index is -2.68. The van der Waals surface area contributed by atoms with Crippen molar-refractivity contribution in [3.05, 3.63) is 78.9 Å². The Morgan fingerprint density at radius 3 is 2.51 bits per heavy atom. The van der Waals surface area contributed by atoms with Crippen LogP contribution in [-0.2, 0) is 11.3 Å². The molecule has 0 bridgehead atoms. The molecule has 2 aromatic heterocycles. The number of para-hydroxylation sites is 1. The molecule has 0 radical (unpaired) electrons. The molecule has 3 heterocycles. The summed E-state index contributed by atoms with van der Waals surface area (Å²) in [5.74, 6) is -2.56. The Bertz CT molecular complexity index is 1300. The van der Waals surface area contributed by atoms with Crippen LogP contribution in [0.15, 0.2) is 73.3 Å². The summed E-state index contributed by atoms with van der Waals surface area (Å²) in [5, 5.41) is 51.2. The Hall–Kier alpha value is -3.38. The number of aliphatic hydroxyl groups is 5. The molecule has 1 saturated heterocycles. The van der Waals surface area contributed by atoms with Crippen molar-refractivity contribution >= 4 is 11.0 Å². The number of aromatic nitrogens is 3. The van der Waals surface area contributed by atoms with Crippen LogP contribution in [0.25, 0.3) is 22.2 Å². The lowest BCUT2D eigenvalue weighted by Crippen LogP contribution is -2.69. The van der Waals surface area contributed by atoms with Gasteiger partial charge in [-0.1, -0.05) is 36.4 Å². The summed E-state index contributed by atoms with van der Waals surface area (Å²) in [7, 11) is 0. The van der Waals surface area contributed by atoms with Crippen LogP contribution in [0.1, 0.15) is 5.56 Å². The first-order valence-electron chi connectivity index (χ1n) is 11.1. The Morgan fingerprint density at radius 2 is 1.80 bits per heavy atom. The molecule has 10 heteroatoms. The SMILES string of the molecule is OC[C@H]1OC(O)[C@@](O)(Oc2cccc3ncn(Cc4ccc(-c5cccnc5)cc4)c23)[C@@H](O)[C@@H]1O. The van der Waals surface area contributed by atoms with Gasteiger partial charge in [0.05, 0.1) is 18.5 Å². The van der Waals surface area contributed by atoms with Gasteiger partial charge in [-0.25, -0.2) is 4.98 Å². The van der Waals surface area contributed by atoms with E-state index in [1.807, 2.05) is 41.0 Å². The molecule has 5 atom stereocenters. The lowest BCUT2D eigenvalue weighted by molar-refractivity contribution is -0.385. The van der Waals surface area contributed by atoms with Crippen molar-refractivity contribution in [1.29, 1.82) is 0 Å². The van der Waals surface area contributed by atoms with Crippen LogP contribution in [0.3, 0.4) is 0 Å². The van der Waals surface area contributed by atoms with Gasteiger partial charge in [-0.15, -0.1) is 0 Å². The van der Waals surface area contributed by atoms with E-state index >= 15 is 0 Å². The quantitative estimate of drug-likeness (QED) is 0.251. The Kier molecular flexibility index (Phi) is 6.24. The topological polar surface area (TPSA) is 150 Å². The summed E-state index contributed by atoms with van der Waals surface area (Å²) in [6, 6.07) is 16.8. The van der Waals surface area contributed by atoms with Gasteiger partial charge in [0, 0.05) is 18.9 Å². The Labute approximate surface area is 200 Å². The lowest BCUT2D eigenvalue weighted by atomic mass is 9.96. The van der Waals surface area contributed by atoms with Crippen LogP contribution in [0.2, 0.25) is 0 Å². The third-order valence-electron chi connectivity index (χ3n) is 6.14. The standard InChI is InChI=1S/C25H25N3O7/c29-13-20-22(30)23(31)25(33,24(32)34-20)35-19-5-1-4-18-21(19)28(14-27-18)12-15-6-8-16(9-7-15)17-3-2-10-26-11-17/h1-11,14,20,22-24,29-33H,12-13H2/t20-,22-,23+,24?,25+/m1/s1. The average molecular weight is 479 g/mol. The third kappa shape index (κ3) is 4.27. The largest absolute Gasteiger partial charge is 0.452 e. The Balaban J connectivity index is 1.43. The second-order valence-electron chi connectivity index (χ2n) is 8.43. The van der Waals surface area contributed by atoms with E-state index in [1.54, 1.807) is 36.9 Å². The first-order valence-corrected chi connectivity index (χ1v) is 11.1. The normalized spacial score (nSPS) is 26.7. The molecule has 2 aromatic carbocycles. The molecular weight excluding hydrogens is 454 g/mol. The zero-order chi connectivity index (χ0) is 24.6. The maximum Gasteiger partial charge on any atom is 0.288 e. The van der Waals surface area contributed by atoms with Gasteiger partial charge in [-0.05, 0) is 34.9 Å². The zero-order valence-electron chi connectivity index (χ0n) is 18.5. The number of hydrogen-bond acceptors (Lipinski definition) is 9. The van der Waals surface area contributed by atoms with Crippen molar-refractivity contribution in [2.24, 2.45) is 0 Å². The number of pyridine rings is 1. The molecule has 1 aliphatic heterocycles. The summed E-state index contributed by atoms with van der Waals surface area (Å²) < 4.78 is 12.6. The highest BCUT2D eigenvalue weighted by Crippen LogP contribution is 2.35. The molecule has 5 N–H and O–H groups in total. The van der Waals surface area contributed by atoms with Crippen LogP contribution < -0.4 is 4.74 Å². The first kappa shape index (κ1) is 23.4. The second kappa shape index (κ2) is 9.34. The van der Waals surface area contributed by atoms with Crippen LogP contribution in [-0.4, -0.2) is 77.1 Å². The molecule has 1 aliphatic rings. The second-order valence-corrected chi connectivity index (χ2v) is 8.43. The van der Waals surface area contributed by atoms with E-state index < -0.39 is 37.0 Å². The number of hydrogen-bond donors (Lipinski definition) is 5. The predicted octanol–water partition coefficient (Wildman–Crippen LogP) is 0.645. The molecule has 182 valence electrons. The van der Waals surface area contributed by atoms with Gasteiger partial charge >= 0.3 is 0 Å². The smallest absolute Gasteiger partial charge is 0.288 e. The summed E-state index contributed by atoms with van der Waals surface area (Å²) in [6.07, 6.45) is -1.79. The van der Waals surface area contributed by atoms with Crippen LogP contribution in [0, 0.1) is 0 Å². The molecule has 1 fully saturated rings. The summed E-state index contributed by atoms with van der Waals surface area (Å²) in [5.41, 5.74) is 4.09. The van der Waals surface area contributed by atoms with Gasteiger partial charge in [0.1, 0.15) is 23.5 Å². The molecular formula is C25H25N3O7. The minimum absolute atomic E-state index is 0.117. The van der Waals surface area contributed by atoms with Gasteiger partial charge in [0.2, 0.25) is 6.29 Å². The predicted molar refractivity (Wildman–Crippen MR) is 124 cm³/mol. The van der Waals surface area contributed by atoms with Crippen LogP contribution in [0.5, 0.6) is 5.75 Å². The molecule has 0 aliphatic carbocycles. The molecule has 35 heavy (non-hydrogen) atoms. The number of fused-ring (bicyclic) bond motifs is 1. The number of rotatable bonds is 6. The van der Waals surface area contributed by atoms with Gasteiger partial charge in [-0.3, -0.25) is 4.98 Å². The number of aliphatic hydroxyl groups excluding tert-OH is 4. The fraction of sp³-hybridized carbons (Fsp3) is 0.280. The highest BCUT2D eigenvalue weighted by molar-refractivity contribution is 5.82. The van der Waals surface area contributed by atoms with Crippen LogP contribution >= 0.6 is 0 Å². The van der Waals surface area contributed by atoms with Gasteiger partial charge in [-0.2, -0.15) is 0 Å². The number of imidazole rings is 1. The van der Waals surface area contributed by atoms with Gasteiger partial charge < -0.3 is 39.6 Å². The van der Waals surface area contributed by atoms with E-state index in [-0.39, 0.29) is 5.75 Å². The van der Waals surface area contributed by atoms with Gasteiger partial charge in [0.25, 0.3) is 5.79 Å². The number of ether oxygens (including phenoxy) is 2. The lowest BCUT2D eigenvalue weighted by Gasteiger charge is -2.45. The Morgan fingerprint density at radius 1 is 1.00 bits per heavy atom. The fourth-order valence-corrected chi connectivity index (χ4v) is 4.20. The molecule has 5 rings (SSSR count). The molecule has 4 aromatic rings. The van der Waals surface area contributed by atoms with E-state index in [1.165, 1.54) is 0 Å². The van der Waals surface area contributed by atoms with Gasteiger partial charge in [0.15, 0.2) is 6.10 Å². The molecule has 1 unspecified atom stereocenters. The first-order chi connectivity index (χ1) is 16.9. The monoisotopic (exact) mass is 479 g/mol. The average Bonchev–Trinajstić information content (AvgIpc) is 3.30. The minimum Gasteiger partial charge on any atom is -0.452 e. The van der Waals surface area contributed by atoms with Crippen molar-refractivity contribution in [3.8, 4) is 16.9 Å². The molecule has 0 spiro atoms. The van der Waals surface area contributed by atoms with Crippen LogP contribution in [0.4, 0.5) is 0 Å². The molecule has 10 nitrogen and oxygen atoms in total. The van der Waals surface area contributed by atoms with E-state index in [0.717, 1.165) is 16.7 Å². The van der Waals surface area contributed by atoms with Crippen molar-refractivity contribution in [3.63, 3.8) is 0 Å². The van der Waals surface area contributed by atoms with E-state index in [9.17, 15) is 25.5 Å². The maximum absolute atomic E-state index is 10.9.